The first-order chi connectivity index (χ1) is 5.11. The highest BCUT2D eigenvalue weighted by Gasteiger charge is 1.99. The van der Waals surface area contributed by atoms with E-state index in [0.717, 1.165) is 6.54 Å². The highest BCUT2D eigenvalue weighted by molar-refractivity contribution is 5.82. The van der Waals surface area contributed by atoms with Gasteiger partial charge in [0.05, 0.1) is 13.2 Å². The standard InChI is InChI=1S/C7H14N2O2/c1-4-9(2)6(8)5-7(10)11-3/h5H,4,8H2,1-3H3. The van der Waals surface area contributed by atoms with Crippen LogP contribution in [0.4, 0.5) is 0 Å². The second-order valence-corrected chi connectivity index (χ2v) is 2.11. The molecule has 0 radical (unpaired) electrons. The number of nitrogens with zero attached hydrogens (tertiary/aromatic N) is 1. The zero-order valence-electron chi connectivity index (χ0n) is 7.13. The predicted molar refractivity (Wildman–Crippen MR) is 42.6 cm³/mol. The molecule has 0 fully saturated rings. The van der Waals surface area contributed by atoms with Gasteiger partial charge in [-0.2, -0.15) is 0 Å². The number of hydrogen-bond donors (Lipinski definition) is 1. The van der Waals surface area contributed by atoms with Crippen LogP contribution in [0.15, 0.2) is 11.9 Å². The molecule has 0 rings (SSSR count). The lowest BCUT2D eigenvalue weighted by atomic mass is 10.5. The summed E-state index contributed by atoms with van der Waals surface area (Å²) in [5, 5.41) is 0. The lowest BCUT2D eigenvalue weighted by Gasteiger charge is -2.15. The second kappa shape index (κ2) is 4.60. The third-order valence-electron chi connectivity index (χ3n) is 1.38. The molecule has 0 amide bonds. The molecule has 0 heterocycles. The topological polar surface area (TPSA) is 55.6 Å². The maximum Gasteiger partial charge on any atom is 0.334 e. The quantitative estimate of drug-likeness (QED) is 0.460. The molecule has 0 aromatic carbocycles. The van der Waals surface area contributed by atoms with Crippen LogP contribution in [0.2, 0.25) is 0 Å². The average Bonchev–Trinajstić information content (AvgIpc) is 2.02. The minimum absolute atomic E-state index is 0.416. The average molecular weight is 158 g/mol. The summed E-state index contributed by atoms with van der Waals surface area (Å²) >= 11 is 0. The molecular formula is C7H14N2O2. The van der Waals surface area contributed by atoms with E-state index in [1.807, 2.05) is 6.92 Å². The van der Waals surface area contributed by atoms with E-state index in [0.29, 0.717) is 5.82 Å². The fourth-order valence-corrected chi connectivity index (χ4v) is 0.472. The van der Waals surface area contributed by atoms with Gasteiger partial charge in [0.15, 0.2) is 0 Å². The minimum Gasteiger partial charge on any atom is -0.466 e. The second-order valence-electron chi connectivity index (χ2n) is 2.11. The van der Waals surface area contributed by atoms with Crippen LogP contribution in [-0.4, -0.2) is 31.6 Å². The van der Waals surface area contributed by atoms with Gasteiger partial charge in [0.25, 0.3) is 0 Å². The Labute approximate surface area is 66.6 Å². The maximum atomic E-state index is 10.6. The van der Waals surface area contributed by atoms with E-state index in [-0.39, 0.29) is 0 Å². The van der Waals surface area contributed by atoms with Gasteiger partial charge in [0.2, 0.25) is 0 Å². The van der Waals surface area contributed by atoms with E-state index in [2.05, 4.69) is 4.74 Å². The molecule has 0 spiro atoms. The van der Waals surface area contributed by atoms with Crippen LogP contribution in [0.1, 0.15) is 6.92 Å². The number of esters is 1. The van der Waals surface area contributed by atoms with Crippen molar-refractivity contribution >= 4 is 5.97 Å². The van der Waals surface area contributed by atoms with Crippen LogP contribution in [0.3, 0.4) is 0 Å². The Balaban J connectivity index is 4.09. The third kappa shape index (κ3) is 3.50. The summed E-state index contributed by atoms with van der Waals surface area (Å²) < 4.78 is 4.39. The van der Waals surface area contributed by atoms with Gasteiger partial charge in [-0.3, -0.25) is 0 Å². The minimum atomic E-state index is -0.428. The van der Waals surface area contributed by atoms with Crippen molar-refractivity contribution in [3.63, 3.8) is 0 Å². The van der Waals surface area contributed by atoms with Crippen molar-refractivity contribution in [2.24, 2.45) is 5.73 Å². The lowest BCUT2D eigenvalue weighted by molar-refractivity contribution is -0.134. The summed E-state index contributed by atoms with van der Waals surface area (Å²) in [5.74, 6) is -0.0119. The molecule has 2 N–H and O–H groups in total. The Morgan fingerprint density at radius 2 is 2.27 bits per heavy atom. The van der Waals surface area contributed by atoms with Gasteiger partial charge in [0, 0.05) is 13.6 Å². The molecule has 0 saturated carbocycles. The molecule has 11 heavy (non-hydrogen) atoms. The summed E-state index contributed by atoms with van der Waals surface area (Å²) in [7, 11) is 3.12. The van der Waals surface area contributed by atoms with Crippen LogP contribution in [-0.2, 0) is 9.53 Å². The summed E-state index contributed by atoms with van der Waals surface area (Å²) in [5.41, 5.74) is 5.49. The number of nitrogens with two attached hydrogens (primary N) is 1. The van der Waals surface area contributed by atoms with E-state index in [1.165, 1.54) is 13.2 Å². The smallest absolute Gasteiger partial charge is 0.334 e. The van der Waals surface area contributed by atoms with Crippen molar-refractivity contribution in [2.45, 2.75) is 6.92 Å². The first-order valence-corrected chi connectivity index (χ1v) is 3.38. The van der Waals surface area contributed by atoms with Gasteiger partial charge in [-0.1, -0.05) is 0 Å². The Morgan fingerprint density at radius 3 is 2.64 bits per heavy atom. The fraction of sp³-hybridized carbons (Fsp3) is 0.571. The van der Waals surface area contributed by atoms with E-state index in [1.54, 1.807) is 11.9 Å². The van der Waals surface area contributed by atoms with Crippen molar-refractivity contribution in [3.05, 3.63) is 11.9 Å². The number of rotatable bonds is 3. The molecule has 0 unspecified atom stereocenters. The first kappa shape index (κ1) is 9.81. The Bertz CT molecular complexity index is 166. The normalized spacial score (nSPS) is 11.0. The SMILES string of the molecule is CCN(C)C(N)=CC(=O)OC. The van der Waals surface area contributed by atoms with Crippen molar-refractivity contribution in [2.75, 3.05) is 20.7 Å². The van der Waals surface area contributed by atoms with Gasteiger partial charge >= 0.3 is 5.97 Å². The molecule has 0 aliphatic heterocycles. The Kier molecular flexibility index (Phi) is 4.10. The Morgan fingerprint density at radius 1 is 1.73 bits per heavy atom. The number of methoxy groups -OCH3 is 1. The molecular weight excluding hydrogens is 144 g/mol. The molecule has 0 aliphatic carbocycles. The zero-order chi connectivity index (χ0) is 8.85. The van der Waals surface area contributed by atoms with Gasteiger partial charge in [-0.25, -0.2) is 4.79 Å². The number of carbonyl (C=O) groups is 1. The molecule has 4 nitrogen and oxygen atoms in total. The van der Waals surface area contributed by atoms with E-state index >= 15 is 0 Å². The molecule has 0 aromatic rings. The van der Waals surface area contributed by atoms with Crippen LogP contribution in [0.25, 0.3) is 0 Å². The molecule has 0 aliphatic rings. The van der Waals surface area contributed by atoms with E-state index in [9.17, 15) is 4.79 Å². The van der Waals surface area contributed by atoms with Crippen LogP contribution in [0, 0.1) is 0 Å². The van der Waals surface area contributed by atoms with Crippen LogP contribution < -0.4 is 5.73 Å². The highest BCUT2D eigenvalue weighted by atomic mass is 16.5. The van der Waals surface area contributed by atoms with Crippen molar-refractivity contribution in [1.82, 2.24) is 4.90 Å². The monoisotopic (exact) mass is 158 g/mol. The Hall–Kier alpha value is -1.19. The molecule has 64 valence electrons. The van der Waals surface area contributed by atoms with E-state index in [4.69, 9.17) is 5.73 Å². The molecule has 0 saturated heterocycles. The third-order valence-corrected chi connectivity index (χ3v) is 1.38. The number of ether oxygens (including phenoxy) is 1. The van der Waals surface area contributed by atoms with Gasteiger partial charge in [-0.05, 0) is 6.92 Å². The maximum absolute atomic E-state index is 10.6. The van der Waals surface area contributed by atoms with Crippen molar-refractivity contribution < 1.29 is 9.53 Å². The van der Waals surface area contributed by atoms with Crippen molar-refractivity contribution in [3.8, 4) is 0 Å². The zero-order valence-corrected chi connectivity index (χ0v) is 7.13. The lowest BCUT2D eigenvalue weighted by Crippen LogP contribution is -2.24. The first-order valence-electron chi connectivity index (χ1n) is 3.38. The van der Waals surface area contributed by atoms with Crippen molar-refractivity contribution in [1.29, 1.82) is 0 Å². The fourth-order valence-electron chi connectivity index (χ4n) is 0.472. The molecule has 0 atom stereocenters. The predicted octanol–water partition coefficient (Wildman–Crippen LogP) is -0.0888. The largest absolute Gasteiger partial charge is 0.466 e. The van der Waals surface area contributed by atoms with Gasteiger partial charge < -0.3 is 15.4 Å². The van der Waals surface area contributed by atoms with E-state index < -0.39 is 5.97 Å². The van der Waals surface area contributed by atoms with Gasteiger partial charge in [0.1, 0.15) is 5.82 Å². The molecule has 0 aromatic heterocycles. The highest BCUT2D eigenvalue weighted by Crippen LogP contribution is 1.92. The number of carbonyl (C=O) groups excluding carboxylic acids is 1. The molecule has 0 bridgehead atoms. The summed E-state index contributed by atoms with van der Waals surface area (Å²) in [6, 6.07) is 0. The van der Waals surface area contributed by atoms with Crippen LogP contribution >= 0.6 is 0 Å². The molecule has 4 heteroatoms. The summed E-state index contributed by atoms with van der Waals surface area (Å²) in [6.45, 7) is 2.71. The van der Waals surface area contributed by atoms with Gasteiger partial charge in [-0.15, -0.1) is 0 Å². The van der Waals surface area contributed by atoms with Crippen LogP contribution in [0.5, 0.6) is 0 Å². The summed E-state index contributed by atoms with van der Waals surface area (Å²) in [4.78, 5) is 12.4. The summed E-state index contributed by atoms with van der Waals surface area (Å²) in [6.07, 6.45) is 1.25. The number of hydrogen-bond acceptors (Lipinski definition) is 4.